The molecule has 0 unspecified atom stereocenters. The van der Waals surface area contributed by atoms with Crippen molar-refractivity contribution in [3.05, 3.63) is 94.4 Å². The molecular weight excluding hydrogens is 396 g/mol. The molecule has 0 spiro atoms. The second-order valence-corrected chi connectivity index (χ2v) is 6.73. The van der Waals surface area contributed by atoms with Crippen LogP contribution in [0.15, 0.2) is 77.7 Å². The maximum absolute atomic E-state index is 13.1. The van der Waals surface area contributed by atoms with Crippen LogP contribution < -0.4 is 10.4 Å². The molecule has 156 valence electrons. The van der Waals surface area contributed by atoms with E-state index in [2.05, 4.69) is 4.98 Å². The van der Waals surface area contributed by atoms with Crippen LogP contribution in [0, 0.1) is 0 Å². The normalized spacial score (nSPS) is 10.7. The Morgan fingerprint density at radius 3 is 2.39 bits per heavy atom. The average Bonchev–Trinajstić information content (AvgIpc) is 2.80. The number of fused-ring (bicyclic) bond motifs is 1. The van der Waals surface area contributed by atoms with E-state index in [0.717, 1.165) is 15.9 Å². The Labute approximate surface area is 178 Å². The number of ether oxygens (including phenoxy) is 1. The van der Waals surface area contributed by atoms with Crippen molar-refractivity contribution in [2.24, 2.45) is 0 Å². The summed E-state index contributed by atoms with van der Waals surface area (Å²) in [5.74, 6) is -1.41. The van der Waals surface area contributed by atoms with Gasteiger partial charge in [-0.15, -0.1) is 4.73 Å². The highest BCUT2D eigenvalue weighted by molar-refractivity contribution is 6.04. The number of benzene rings is 2. The fourth-order valence-electron chi connectivity index (χ4n) is 3.34. The summed E-state index contributed by atoms with van der Waals surface area (Å²) in [5, 5.41) is 11.2. The lowest BCUT2D eigenvalue weighted by molar-refractivity contribution is 0.0508. The van der Waals surface area contributed by atoms with Crippen molar-refractivity contribution in [3.8, 4) is 16.9 Å². The van der Waals surface area contributed by atoms with Gasteiger partial charge in [0.05, 0.1) is 12.0 Å². The molecule has 4 aromatic rings. The minimum atomic E-state index is -0.924. The molecule has 0 aliphatic carbocycles. The lowest BCUT2D eigenvalue weighted by Crippen LogP contribution is -2.32. The number of aromatic hydroxyl groups is 1. The summed E-state index contributed by atoms with van der Waals surface area (Å²) in [6.45, 7) is 1.75. The molecule has 0 bridgehead atoms. The molecule has 4 rings (SSSR count). The molecule has 0 atom stereocenters. The quantitative estimate of drug-likeness (QED) is 0.483. The molecular formula is C24H20N2O5. The number of aromatic nitrogens is 2. The average molecular weight is 416 g/mol. The molecule has 0 saturated carbocycles. The zero-order chi connectivity index (χ0) is 21.8. The molecule has 2 aromatic carbocycles. The fourth-order valence-corrected chi connectivity index (χ4v) is 3.34. The van der Waals surface area contributed by atoms with E-state index in [-0.39, 0.29) is 24.2 Å². The highest BCUT2D eigenvalue weighted by Gasteiger charge is 2.26. The summed E-state index contributed by atoms with van der Waals surface area (Å²) >= 11 is 0. The van der Waals surface area contributed by atoms with E-state index in [9.17, 15) is 14.7 Å². The number of hydrogen-bond donors (Lipinski definition) is 1. The van der Waals surface area contributed by atoms with Gasteiger partial charge in [0.15, 0.2) is 11.2 Å². The maximum atomic E-state index is 13.1. The Morgan fingerprint density at radius 2 is 1.71 bits per heavy atom. The molecule has 7 nitrogen and oxygen atoms in total. The summed E-state index contributed by atoms with van der Waals surface area (Å²) in [6.07, 6.45) is 1.52. The summed E-state index contributed by atoms with van der Waals surface area (Å²) in [7, 11) is 0. The Balaban J connectivity index is 1.97. The Kier molecular flexibility index (Phi) is 5.66. The number of carbonyl (C=O) groups is 1. The van der Waals surface area contributed by atoms with Crippen LogP contribution in [0.4, 0.5) is 0 Å². The number of rotatable bonds is 6. The van der Waals surface area contributed by atoms with Crippen LogP contribution in [0.2, 0.25) is 0 Å². The van der Waals surface area contributed by atoms with Crippen LogP contribution in [0.1, 0.15) is 22.8 Å². The van der Waals surface area contributed by atoms with Gasteiger partial charge in [0, 0.05) is 6.20 Å². The number of carbonyl (C=O) groups excluding carboxylic acids is 1. The summed E-state index contributed by atoms with van der Waals surface area (Å²) in [4.78, 5) is 35.7. The van der Waals surface area contributed by atoms with Gasteiger partial charge in [-0.25, -0.2) is 9.78 Å². The zero-order valence-electron chi connectivity index (χ0n) is 16.8. The van der Waals surface area contributed by atoms with Gasteiger partial charge in [-0.1, -0.05) is 60.7 Å². The van der Waals surface area contributed by atoms with Gasteiger partial charge in [0.2, 0.25) is 0 Å². The number of esters is 1. The van der Waals surface area contributed by atoms with E-state index in [1.807, 2.05) is 60.7 Å². The van der Waals surface area contributed by atoms with E-state index in [4.69, 9.17) is 9.57 Å². The third-order valence-corrected chi connectivity index (χ3v) is 4.76. The van der Waals surface area contributed by atoms with E-state index in [1.54, 1.807) is 13.0 Å². The molecule has 0 amide bonds. The van der Waals surface area contributed by atoms with Crippen molar-refractivity contribution in [1.82, 2.24) is 9.71 Å². The van der Waals surface area contributed by atoms with Crippen molar-refractivity contribution < 1.29 is 19.5 Å². The first kappa shape index (κ1) is 20.2. The van der Waals surface area contributed by atoms with Gasteiger partial charge in [0.25, 0.3) is 0 Å². The fraction of sp³-hybridized carbons (Fsp3) is 0.125. The Morgan fingerprint density at radius 1 is 1.03 bits per heavy atom. The smallest absolute Gasteiger partial charge is 0.347 e. The van der Waals surface area contributed by atoms with Crippen LogP contribution in [0.25, 0.3) is 22.2 Å². The van der Waals surface area contributed by atoms with Crippen LogP contribution in [0.3, 0.4) is 0 Å². The van der Waals surface area contributed by atoms with Gasteiger partial charge < -0.3 is 14.7 Å². The standard InChI is InChI=1S/C24H20N2O5/c1-2-30-24(29)20-21(27)19-18(17-11-7-4-8-12-17)13-14-25-22(19)26(23(20)28)31-15-16-9-5-3-6-10-16/h3-14,27H,2,15H2,1H3. The number of nitrogens with zero attached hydrogens (tertiary/aromatic N) is 2. The molecule has 2 heterocycles. The Bertz CT molecular complexity index is 1280. The first-order valence-corrected chi connectivity index (χ1v) is 9.78. The Hall–Kier alpha value is -4.13. The third-order valence-electron chi connectivity index (χ3n) is 4.76. The third kappa shape index (κ3) is 3.85. The van der Waals surface area contributed by atoms with Crippen molar-refractivity contribution >= 4 is 17.0 Å². The van der Waals surface area contributed by atoms with E-state index in [0.29, 0.717) is 5.56 Å². The summed E-state index contributed by atoms with van der Waals surface area (Å²) in [6, 6.07) is 20.3. The molecule has 0 aliphatic heterocycles. The molecule has 0 aliphatic rings. The summed E-state index contributed by atoms with van der Waals surface area (Å²) in [5.41, 5.74) is 0.990. The predicted molar refractivity (Wildman–Crippen MR) is 116 cm³/mol. The molecule has 31 heavy (non-hydrogen) atoms. The van der Waals surface area contributed by atoms with Gasteiger partial charge in [-0.05, 0) is 29.7 Å². The van der Waals surface area contributed by atoms with E-state index >= 15 is 0 Å². The van der Waals surface area contributed by atoms with Crippen molar-refractivity contribution in [2.75, 3.05) is 6.61 Å². The van der Waals surface area contributed by atoms with Crippen LogP contribution in [-0.4, -0.2) is 27.4 Å². The van der Waals surface area contributed by atoms with Gasteiger partial charge in [-0.3, -0.25) is 4.79 Å². The first-order chi connectivity index (χ1) is 15.1. The molecule has 0 radical (unpaired) electrons. The molecule has 0 fully saturated rings. The molecule has 0 saturated heterocycles. The maximum Gasteiger partial charge on any atom is 0.347 e. The van der Waals surface area contributed by atoms with Crippen molar-refractivity contribution in [1.29, 1.82) is 0 Å². The van der Waals surface area contributed by atoms with Crippen molar-refractivity contribution in [3.63, 3.8) is 0 Å². The lowest BCUT2D eigenvalue weighted by atomic mass is 10.0. The van der Waals surface area contributed by atoms with Crippen LogP contribution in [0.5, 0.6) is 5.75 Å². The van der Waals surface area contributed by atoms with Crippen molar-refractivity contribution in [2.45, 2.75) is 13.5 Å². The van der Waals surface area contributed by atoms with Crippen LogP contribution in [-0.2, 0) is 11.3 Å². The van der Waals surface area contributed by atoms with Gasteiger partial charge in [-0.2, -0.15) is 0 Å². The van der Waals surface area contributed by atoms with E-state index in [1.165, 1.54) is 6.20 Å². The van der Waals surface area contributed by atoms with Crippen LogP contribution >= 0.6 is 0 Å². The number of pyridine rings is 2. The minimum Gasteiger partial charge on any atom is -0.506 e. The lowest BCUT2D eigenvalue weighted by Gasteiger charge is -2.16. The van der Waals surface area contributed by atoms with E-state index < -0.39 is 22.8 Å². The largest absolute Gasteiger partial charge is 0.506 e. The summed E-state index contributed by atoms with van der Waals surface area (Å²) < 4.78 is 5.96. The topological polar surface area (TPSA) is 90.7 Å². The minimum absolute atomic E-state index is 0.0548. The van der Waals surface area contributed by atoms with Gasteiger partial charge in [0.1, 0.15) is 12.4 Å². The number of hydrogen-bond acceptors (Lipinski definition) is 6. The second-order valence-electron chi connectivity index (χ2n) is 6.73. The van der Waals surface area contributed by atoms with Gasteiger partial charge >= 0.3 is 11.5 Å². The monoisotopic (exact) mass is 416 g/mol. The second kappa shape index (κ2) is 8.71. The molecule has 2 aromatic heterocycles. The first-order valence-electron chi connectivity index (χ1n) is 9.78. The highest BCUT2D eigenvalue weighted by atomic mass is 16.7. The molecule has 1 N–H and O–H groups in total. The zero-order valence-corrected chi connectivity index (χ0v) is 16.8. The highest BCUT2D eigenvalue weighted by Crippen LogP contribution is 2.34. The molecule has 7 heteroatoms. The SMILES string of the molecule is CCOC(=O)c1c(O)c2c(-c3ccccc3)ccnc2n(OCc2ccccc2)c1=O. The predicted octanol–water partition coefficient (Wildman–Crippen LogP) is 3.57.